The predicted octanol–water partition coefficient (Wildman–Crippen LogP) is 2.33. The van der Waals surface area contributed by atoms with Gasteiger partial charge in [-0.05, 0) is 24.8 Å². The van der Waals surface area contributed by atoms with E-state index < -0.39 is 0 Å². The first-order valence-corrected chi connectivity index (χ1v) is 7.05. The first-order valence-electron chi connectivity index (χ1n) is 7.05. The molecule has 0 spiro atoms. The van der Waals surface area contributed by atoms with Crippen LogP contribution in [-0.2, 0) is 11.2 Å². The molecule has 3 N–H and O–H groups in total. The minimum Gasteiger partial charge on any atom is -0.493 e. The van der Waals surface area contributed by atoms with Gasteiger partial charge in [0.25, 0.3) is 0 Å². The average Bonchev–Trinajstić information content (AvgIpc) is 2.47. The average molecular weight is 264 g/mol. The molecule has 0 bridgehead atoms. The van der Waals surface area contributed by atoms with Crippen LogP contribution in [0.1, 0.15) is 43.4 Å². The van der Waals surface area contributed by atoms with Crippen LogP contribution in [0.2, 0.25) is 0 Å². The van der Waals surface area contributed by atoms with Crippen molar-refractivity contribution in [3.63, 3.8) is 0 Å². The Labute approximate surface area is 115 Å². The van der Waals surface area contributed by atoms with Gasteiger partial charge in [-0.25, -0.2) is 0 Å². The summed E-state index contributed by atoms with van der Waals surface area (Å²) in [6, 6.07) is 6.26. The van der Waals surface area contributed by atoms with Gasteiger partial charge in [0.2, 0.25) is 0 Å². The molecule has 0 saturated heterocycles. The zero-order valence-corrected chi connectivity index (χ0v) is 11.8. The summed E-state index contributed by atoms with van der Waals surface area (Å²) in [7, 11) is 1.74. The number of benzene rings is 1. The summed E-state index contributed by atoms with van der Waals surface area (Å²) in [5.74, 6) is 6.75. The second kappa shape index (κ2) is 6.89. The molecule has 1 aliphatic rings. The van der Waals surface area contributed by atoms with Crippen LogP contribution in [0.25, 0.3) is 0 Å². The third-order valence-electron chi connectivity index (χ3n) is 3.73. The van der Waals surface area contributed by atoms with Crippen LogP contribution < -0.4 is 16.0 Å². The summed E-state index contributed by atoms with van der Waals surface area (Å²) >= 11 is 0. The van der Waals surface area contributed by atoms with Gasteiger partial charge < -0.3 is 9.47 Å². The second-order valence-electron chi connectivity index (χ2n) is 4.99. The smallest absolute Gasteiger partial charge is 0.127 e. The predicted molar refractivity (Wildman–Crippen MR) is 76.0 cm³/mol. The van der Waals surface area contributed by atoms with Crippen molar-refractivity contribution in [2.24, 2.45) is 5.84 Å². The van der Waals surface area contributed by atoms with Crippen LogP contribution in [-0.4, -0.2) is 19.8 Å². The van der Waals surface area contributed by atoms with Gasteiger partial charge in [-0.3, -0.25) is 11.3 Å². The molecule has 0 aliphatic carbocycles. The van der Waals surface area contributed by atoms with Gasteiger partial charge in [-0.1, -0.05) is 31.5 Å². The van der Waals surface area contributed by atoms with E-state index in [4.69, 9.17) is 15.3 Å². The highest BCUT2D eigenvalue weighted by molar-refractivity contribution is 5.44. The minimum atomic E-state index is -0.0296. The summed E-state index contributed by atoms with van der Waals surface area (Å²) in [6.07, 6.45) is 4.25. The monoisotopic (exact) mass is 264 g/mol. The number of methoxy groups -OCH3 is 1. The molecule has 19 heavy (non-hydrogen) atoms. The van der Waals surface area contributed by atoms with Crippen molar-refractivity contribution >= 4 is 0 Å². The van der Waals surface area contributed by atoms with Crippen LogP contribution in [0.15, 0.2) is 18.2 Å². The molecule has 0 saturated carbocycles. The van der Waals surface area contributed by atoms with Gasteiger partial charge in [0.05, 0.1) is 18.8 Å². The van der Waals surface area contributed by atoms with Crippen LogP contribution in [0, 0.1) is 0 Å². The van der Waals surface area contributed by atoms with Gasteiger partial charge in [-0.15, -0.1) is 0 Å². The minimum absolute atomic E-state index is 0.0296. The Morgan fingerprint density at radius 2 is 2.32 bits per heavy atom. The molecule has 1 aromatic rings. The van der Waals surface area contributed by atoms with Crippen molar-refractivity contribution in [1.29, 1.82) is 0 Å². The molecule has 2 unspecified atom stereocenters. The van der Waals surface area contributed by atoms with E-state index in [1.165, 1.54) is 5.56 Å². The Morgan fingerprint density at radius 1 is 1.47 bits per heavy atom. The SMILES string of the molecule is CCCC(OC)C(NN)c1cccc2c1OCCC2. The normalized spacial score (nSPS) is 17.4. The summed E-state index contributed by atoms with van der Waals surface area (Å²) in [5.41, 5.74) is 5.28. The van der Waals surface area contributed by atoms with Crippen LogP contribution in [0.5, 0.6) is 5.75 Å². The Balaban J connectivity index is 2.32. The number of hydrogen-bond donors (Lipinski definition) is 2. The maximum atomic E-state index is 5.86. The number of hydrogen-bond acceptors (Lipinski definition) is 4. The third-order valence-corrected chi connectivity index (χ3v) is 3.73. The van der Waals surface area contributed by atoms with E-state index in [0.29, 0.717) is 0 Å². The number of nitrogens with one attached hydrogen (secondary N) is 1. The Kier molecular flexibility index (Phi) is 5.19. The summed E-state index contributed by atoms with van der Waals surface area (Å²) < 4.78 is 11.5. The van der Waals surface area contributed by atoms with Crippen LogP contribution in [0.4, 0.5) is 0 Å². The van der Waals surface area contributed by atoms with Gasteiger partial charge in [0, 0.05) is 12.7 Å². The number of aryl methyl sites for hydroxylation is 1. The lowest BCUT2D eigenvalue weighted by Crippen LogP contribution is -2.38. The van der Waals surface area contributed by atoms with E-state index in [9.17, 15) is 0 Å². The molecule has 4 heteroatoms. The molecule has 4 nitrogen and oxygen atoms in total. The third kappa shape index (κ3) is 3.08. The van der Waals surface area contributed by atoms with E-state index in [1.807, 2.05) is 0 Å². The highest BCUT2D eigenvalue weighted by atomic mass is 16.5. The van der Waals surface area contributed by atoms with Crippen molar-refractivity contribution in [3.05, 3.63) is 29.3 Å². The van der Waals surface area contributed by atoms with Crippen molar-refractivity contribution in [2.75, 3.05) is 13.7 Å². The topological polar surface area (TPSA) is 56.5 Å². The highest BCUT2D eigenvalue weighted by Gasteiger charge is 2.26. The molecule has 0 radical (unpaired) electrons. The molecule has 2 rings (SSSR count). The maximum Gasteiger partial charge on any atom is 0.127 e. The lowest BCUT2D eigenvalue weighted by molar-refractivity contribution is 0.0593. The fraction of sp³-hybridized carbons (Fsp3) is 0.600. The van der Waals surface area contributed by atoms with Gasteiger partial charge in [-0.2, -0.15) is 0 Å². The van der Waals surface area contributed by atoms with E-state index in [-0.39, 0.29) is 12.1 Å². The van der Waals surface area contributed by atoms with Crippen LogP contribution in [0.3, 0.4) is 0 Å². The Morgan fingerprint density at radius 3 is 3.00 bits per heavy atom. The van der Waals surface area contributed by atoms with E-state index in [0.717, 1.165) is 43.6 Å². The summed E-state index contributed by atoms with van der Waals surface area (Å²) in [4.78, 5) is 0. The standard InChI is InChI=1S/C15H24N2O2/c1-3-6-13(18-2)14(17-16)12-9-4-7-11-8-5-10-19-15(11)12/h4,7,9,13-14,17H,3,5-6,8,10,16H2,1-2H3. The molecule has 1 heterocycles. The summed E-state index contributed by atoms with van der Waals surface area (Å²) in [6.45, 7) is 2.93. The second-order valence-corrected chi connectivity index (χ2v) is 4.99. The van der Waals surface area contributed by atoms with Crippen molar-refractivity contribution in [1.82, 2.24) is 5.43 Å². The first-order chi connectivity index (χ1) is 9.31. The number of nitrogens with two attached hydrogens (primary N) is 1. The van der Waals surface area contributed by atoms with Crippen molar-refractivity contribution in [2.45, 2.75) is 44.8 Å². The molecular formula is C15H24N2O2. The number of para-hydroxylation sites is 1. The molecule has 0 amide bonds. The first kappa shape index (κ1) is 14.3. The number of rotatable bonds is 6. The van der Waals surface area contributed by atoms with E-state index in [1.54, 1.807) is 7.11 Å². The van der Waals surface area contributed by atoms with E-state index in [2.05, 4.69) is 30.5 Å². The van der Waals surface area contributed by atoms with Gasteiger partial charge >= 0.3 is 0 Å². The van der Waals surface area contributed by atoms with Gasteiger partial charge in [0.15, 0.2) is 0 Å². The number of fused-ring (bicyclic) bond motifs is 1. The molecule has 1 aliphatic heterocycles. The van der Waals surface area contributed by atoms with E-state index >= 15 is 0 Å². The lowest BCUT2D eigenvalue weighted by Gasteiger charge is -2.29. The van der Waals surface area contributed by atoms with Crippen molar-refractivity contribution in [3.8, 4) is 5.75 Å². The maximum absolute atomic E-state index is 5.86. The largest absolute Gasteiger partial charge is 0.493 e. The van der Waals surface area contributed by atoms with Gasteiger partial charge in [0.1, 0.15) is 5.75 Å². The molecule has 106 valence electrons. The number of hydrazine groups is 1. The zero-order chi connectivity index (χ0) is 13.7. The zero-order valence-electron chi connectivity index (χ0n) is 11.8. The lowest BCUT2D eigenvalue weighted by atomic mass is 9.93. The Bertz CT molecular complexity index is 409. The fourth-order valence-electron chi connectivity index (χ4n) is 2.76. The summed E-state index contributed by atoms with van der Waals surface area (Å²) in [5, 5.41) is 0. The molecule has 1 aromatic carbocycles. The number of ether oxygens (including phenoxy) is 2. The Hall–Kier alpha value is -1.10. The quantitative estimate of drug-likeness (QED) is 0.611. The molecule has 0 aromatic heterocycles. The molecule has 0 fully saturated rings. The van der Waals surface area contributed by atoms with Crippen LogP contribution >= 0.6 is 0 Å². The fourth-order valence-corrected chi connectivity index (χ4v) is 2.76. The molecular weight excluding hydrogens is 240 g/mol. The highest BCUT2D eigenvalue weighted by Crippen LogP contribution is 2.35. The van der Waals surface area contributed by atoms with Crippen molar-refractivity contribution < 1.29 is 9.47 Å². The molecule has 2 atom stereocenters.